The van der Waals surface area contributed by atoms with Crippen LogP contribution in [-0.4, -0.2) is 65.5 Å². The van der Waals surface area contributed by atoms with Crippen molar-refractivity contribution in [3.63, 3.8) is 0 Å². The zero-order valence-corrected chi connectivity index (χ0v) is 20.8. The summed E-state index contributed by atoms with van der Waals surface area (Å²) in [7, 11) is -1.95. The zero-order valence-electron chi connectivity index (χ0n) is 19.9. The Labute approximate surface area is 205 Å². The number of aromatic hydroxyl groups is 1. The number of halogens is 2. The highest BCUT2D eigenvalue weighted by Crippen LogP contribution is 2.38. The number of fused-ring (bicyclic) bond motifs is 1. The fourth-order valence-corrected chi connectivity index (χ4v) is 4.41. The van der Waals surface area contributed by atoms with Gasteiger partial charge in [0.25, 0.3) is 5.91 Å². The highest BCUT2D eigenvalue weighted by atomic mass is 31.2. The van der Waals surface area contributed by atoms with Gasteiger partial charge in [0.05, 0.1) is 31.3 Å². The van der Waals surface area contributed by atoms with Crippen LogP contribution in [0.1, 0.15) is 33.3 Å². The Morgan fingerprint density at radius 1 is 1.33 bits per heavy atom. The minimum absolute atomic E-state index is 0.0157. The van der Waals surface area contributed by atoms with Crippen LogP contribution in [0, 0.1) is 17.0 Å². The van der Waals surface area contributed by atoms with Crippen molar-refractivity contribution in [1.29, 1.82) is 0 Å². The average Bonchev–Trinajstić information content (AvgIpc) is 2.80. The molecule has 1 aliphatic heterocycles. The van der Waals surface area contributed by atoms with Gasteiger partial charge in [-0.2, -0.15) is 0 Å². The number of Topliss-reactive ketones (excluding diaryl/α,β-unsaturated/α-hetero) is 1. The molecule has 0 aliphatic carbocycles. The normalized spacial score (nSPS) is 21.1. The monoisotopic (exact) mass is 528 g/mol. The van der Waals surface area contributed by atoms with E-state index in [9.17, 15) is 37.7 Å². The highest BCUT2D eigenvalue weighted by Gasteiger charge is 2.48. The van der Waals surface area contributed by atoms with Gasteiger partial charge in [-0.1, -0.05) is 6.07 Å². The summed E-state index contributed by atoms with van der Waals surface area (Å²) in [5.74, 6) is -4.19. The molecule has 3 unspecified atom stereocenters. The number of hydrogen-bond acceptors (Lipinski definition) is 7. The number of methoxy groups -OCH3 is 1. The first-order chi connectivity index (χ1) is 16.8. The number of ether oxygens (including phenoxy) is 2. The zero-order chi connectivity index (χ0) is 26.8. The summed E-state index contributed by atoms with van der Waals surface area (Å²) in [4.78, 5) is 48.2. The van der Waals surface area contributed by atoms with Crippen LogP contribution >= 0.6 is 7.37 Å². The molecule has 196 valence electrons. The number of carbonyl (C=O) groups is 2. The van der Waals surface area contributed by atoms with Gasteiger partial charge in [-0.05, 0) is 13.0 Å². The lowest BCUT2D eigenvalue weighted by Crippen LogP contribution is -2.52. The number of aromatic nitrogens is 1. The number of hydrogen-bond donors (Lipinski definition) is 3. The molecule has 0 bridgehead atoms. The van der Waals surface area contributed by atoms with Gasteiger partial charge in [-0.15, -0.1) is 0 Å². The van der Waals surface area contributed by atoms with E-state index in [1.807, 2.05) is 0 Å². The predicted molar refractivity (Wildman–Crippen MR) is 125 cm³/mol. The van der Waals surface area contributed by atoms with Crippen molar-refractivity contribution in [1.82, 2.24) is 9.88 Å². The van der Waals surface area contributed by atoms with E-state index in [2.05, 4.69) is 5.32 Å². The number of benzene rings is 1. The molecule has 0 saturated carbocycles. The van der Waals surface area contributed by atoms with Crippen molar-refractivity contribution in [3.05, 3.63) is 63.1 Å². The summed E-state index contributed by atoms with van der Waals surface area (Å²) in [5, 5.41) is 12.9. The molecule has 1 aromatic carbocycles. The largest absolute Gasteiger partial charge is 0.503 e. The maximum absolute atomic E-state index is 13.9. The second-order valence-corrected chi connectivity index (χ2v) is 11.5. The molecule has 36 heavy (non-hydrogen) atoms. The van der Waals surface area contributed by atoms with Crippen LogP contribution in [0.5, 0.6) is 5.75 Å². The Kier molecular flexibility index (Phi) is 8.14. The van der Waals surface area contributed by atoms with E-state index in [4.69, 9.17) is 9.47 Å². The molecule has 0 saturated heterocycles. The second-order valence-electron chi connectivity index (χ2n) is 8.94. The summed E-state index contributed by atoms with van der Waals surface area (Å²) < 4.78 is 50.6. The number of nitrogens with one attached hydrogen (secondary N) is 1. The van der Waals surface area contributed by atoms with E-state index in [-0.39, 0.29) is 43.7 Å². The quantitative estimate of drug-likeness (QED) is 0.331. The van der Waals surface area contributed by atoms with Crippen LogP contribution in [0.3, 0.4) is 0 Å². The summed E-state index contributed by atoms with van der Waals surface area (Å²) >= 11 is 0. The lowest BCUT2D eigenvalue weighted by molar-refractivity contribution is -0.0513. The summed E-state index contributed by atoms with van der Waals surface area (Å²) in [6, 6.07) is 2.82. The molecule has 0 radical (unpaired) electrons. The Balaban J connectivity index is 1.86. The minimum Gasteiger partial charge on any atom is -0.503 e. The standard InChI is InChI=1S/C23H27F2N2O8P/c1-23(12-35-6-7-36(3,32)33)17(34-2)11-27-10-15(19(28)20(29)18(27)21(23)30)22(31)26-9-13-4-5-14(24)8-16(13)25/h4-5,8,10,17,29H,6-7,9,11-12H2,1-3H3,(H,26,31)(H,32,33). The van der Waals surface area contributed by atoms with Crippen molar-refractivity contribution in [2.45, 2.75) is 26.1 Å². The summed E-state index contributed by atoms with van der Waals surface area (Å²) in [5.41, 5.74) is -3.27. The molecule has 0 fully saturated rings. The fourth-order valence-electron chi connectivity index (χ4n) is 3.94. The molecule has 3 rings (SSSR count). The molecule has 2 aromatic rings. The van der Waals surface area contributed by atoms with Crippen molar-refractivity contribution in [2.75, 3.05) is 33.2 Å². The molecule has 1 aliphatic rings. The Bertz CT molecular complexity index is 1290. The summed E-state index contributed by atoms with van der Waals surface area (Å²) in [6.45, 7) is 2.05. The van der Waals surface area contributed by atoms with Crippen LogP contribution < -0.4 is 10.7 Å². The van der Waals surface area contributed by atoms with Crippen molar-refractivity contribution in [3.8, 4) is 5.75 Å². The SMILES string of the molecule is COC1Cn2cc(C(=O)NCc3ccc(F)cc3F)c(=O)c(O)c2C(=O)C1(C)COCCP(C)(=O)O. The van der Waals surface area contributed by atoms with Gasteiger partial charge < -0.3 is 29.4 Å². The molecule has 3 N–H and O–H groups in total. The van der Waals surface area contributed by atoms with E-state index in [1.54, 1.807) is 0 Å². The molecular formula is C23H27F2N2O8P. The topological polar surface area (TPSA) is 144 Å². The van der Waals surface area contributed by atoms with E-state index in [1.165, 1.54) is 25.3 Å². The summed E-state index contributed by atoms with van der Waals surface area (Å²) in [6.07, 6.45) is 0.208. The van der Waals surface area contributed by atoms with E-state index in [0.29, 0.717) is 6.07 Å². The van der Waals surface area contributed by atoms with Crippen LogP contribution in [0.4, 0.5) is 8.78 Å². The number of nitrogens with zero attached hydrogens (tertiary/aromatic N) is 1. The fraction of sp³-hybridized carbons (Fsp3) is 0.435. The van der Waals surface area contributed by atoms with Gasteiger partial charge in [-0.25, -0.2) is 8.78 Å². The van der Waals surface area contributed by atoms with Gasteiger partial charge >= 0.3 is 0 Å². The van der Waals surface area contributed by atoms with Gasteiger partial charge in [0.2, 0.25) is 5.43 Å². The minimum atomic E-state index is -3.31. The number of pyridine rings is 1. The van der Waals surface area contributed by atoms with Gasteiger partial charge in [-0.3, -0.25) is 18.9 Å². The number of rotatable bonds is 9. The number of amides is 1. The predicted octanol–water partition coefficient (Wildman–Crippen LogP) is 1.90. The molecular weight excluding hydrogens is 501 g/mol. The van der Waals surface area contributed by atoms with Crippen molar-refractivity contribution >= 4 is 19.1 Å². The molecule has 2 heterocycles. The third-order valence-corrected chi connectivity index (χ3v) is 7.11. The molecule has 13 heteroatoms. The lowest BCUT2D eigenvalue weighted by Gasteiger charge is -2.40. The Morgan fingerprint density at radius 2 is 2.03 bits per heavy atom. The number of carbonyl (C=O) groups excluding carboxylic acids is 2. The first kappa shape index (κ1) is 27.7. The van der Waals surface area contributed by atoms with Crippen LogP contribution in [-0.2, 0) is 27.1 Å². The maximum atomic E-state index is 13.9. The molecule has 1 amide bonds. The van der Waals surface area contributed by atoms with Crippen LogP contribution in [0.25, 0.3) is 0 Å². The number of ketones is 1. The Hall–Kier alpha value is -2.92. The van der Waals surface area contributed by atoms with Gasteiger partial charge in [0.1, 0.15) is 22.9 Å². The third-order valence-electron chi connectivity index (χ3n) is 6.10. The van der Waals surface area contributed by atoms with Crippen LogP contribution in [0.15, 0.2) is 29.2 Å². The van der Waals surface area contributed by atoms with Gasteiger partial charge in [0.15, 0.2) is 18.9 Å². The average molecular weight is 528 g/mol. The smallest absolute Gasteiger partial charge is 0.257 e. The molecule has 0 spiro atoms. The molecule has 1 aromatic heterocycles. The first-order valence-electron chi connectivity index (χ1n) is 10.9. The van der Waals surface area contributed by atoms with E-state index >= 15 is 0 Å². The Morgan fingerprint density at radius 3 is 2.64 bits per heavy atom. The van der Waals surface area contributed by atoms with Crippen molar-refractivity contribution < 1.29 is 42.4 Å². The van der Waals surface area contributed by atoms with Crippen LogP contribution in [0.2, 0.25) is 0 Å². The lowest BCUT2D eigenvalue weighted by atomic mass is 9.76. The van der Waals surface area contributed by atoms with Crippen molar-refractivity contribution in [2.24, 2.45) is 5.41 Å². The third kappa shape index (κ3) is 5.73. The van der Waals surface area contributed by atoms with E-state index in [0.717, 1.165) is 18.3 Å². The highest BCUT2D eigenvalue weighted by molar-refractivity contribution is 7.57. The maximum Gasteiger partial charge on any atom is 0.257 e. The van der Waals surface area contributed by atoms with E-state index < -0.39 is 59.0 Å². The molecule has 10 nitrogen and oxygen atoms in total. The molecule has 3 atom stereocenters. The first-order valence-corrected chi connectivity index (χ1v) is 13.2. The van der Waals surface area contributed by atoms with Gasteiger partial charge in [0, 0.05) is 44.3 Å². The second kappa shape index (κ2) is 10.6.